The van der Waals surface area contributed by atoms with E-state index in [1.807, 2.05) is 29.8 Å². The highest BCUT2D eigenvalue weighted by Crippen LogP contribution is 2.28. The van der Waals surface area contributed by atoms with E-state index in [0.29, 0.717) is 0 Å². The molecule has 5 heteroatoms. The number of morpholine rings is 1. The van der Waals surface area contributed by atoms with Crippen LogP contribution in [0.15, 0.2) is 24.5 Å². The predicted octanol–water partition coefficient (Wildman–Crippen LogP) is 2.99. The SMILES string of the molecule is c1cncc(C2CN(Cc3nc4c(s3)CCCC4)CCO2)c1. The van der Waals surface area contributed by atoms with Crippen LogP contribution in [0.3, 0.4) is 0 Å². The van der Waals surface area contributed by atoms with Gasteiger partial charge in [0.2, 0.25) is 0 Å². The third-order valence-electron chi connectivity index (χ3n) is 4.46. The Kier molecular flexibility index (Phi) is 4.19. The summed E-state index contributed by atoms with van der Waals surface area (Å²) in [7, 11) is 0. The van der Waals surface area contributed by atoms with Crippen LogP contribution >= 0.6 is 11.3 Å². The van der Waals surface area contributed by atoms with Crippen molar-refractivity contribution < 1.29 is 4.74 Å². The fourth-order valence-electron chi connectivity index (χ4n) is 3.28. The van der Waals surface area contributed by atoms with Crippen LogP contribution in [0.4, 0.5) is 0 Å². The molecule has 1 fully saturated rings. The van der Waals surface area contributed by atoms with E-state index in [2.05, 4.69) is 16.0 Å². The number of hydrogen-bond acceptors (Lipinski definition) is 5. The van der Waals surface area contributed by atoms with Gasteiger partial charge in [0.1, 0.15) is 5.01 Å². The van der Waals surface area contributed by atoms with E-state index in [0.717, 1.165) is 26.2 Å². The first kappa shape index (κ1) is 14.3. The van der Waals surface area contributed by atoms with Gasteiger partial charge in [-0.25, -0.2) is 4.98 Å². The minimum absolute atomic E-state index is 0.136. The number of rotatable bonds is 3. The summed E-state index contributed by atoms with van der Waals surface area (Å²) < 4.78 is 5.91. The Labute approximate surface area is 135 Å². The molecule has 1 unspecified atom stereocenters. The second kappa shape index (κ2) is 6.44. The maximum atomic E-state index is 5.91. The lowest BCUT2D eigenvalue weighted by Crippen LogP contribution is -2.37. The third-order valence-corrected chi connectivity index (χ3v) is 5.60. The second-order valence-corrected chi connectivity index (χ2v) is 7.23. The number of aromatic nitrogens is 2. The van der Waals surface area contributed by atoms with Gasteiger partial charge in [-0.1, -0.05) is 6.07 Å². The summed E-state index contributed by atoms with van der Waals surface area (Å²) in [5.41, 5.74) is 2.54. The summed E-state index contributed by atoms with van der Waals surface area (Å²) in [5, 5.41) is 1.28. The molecular weight excluding hydrogens is 294 g/mol. The van der Waals surface area contributed by atoms with Crippen molar-refractivity contribution in [1.82, 2.24) is 14.9 Å². The maximum Gasteiger partial charge on any atom is 0.107 e. The van der Waals surface area contributed by atoms with Crippen molar-refractivity contribution >= 4 is 11.3 Å². The monoisotopic (exact) mass is 315 g/mol. The van der Waals surface area contributed by atoms with Crippen LogP contribution in [0.25, 0.3) is 0 Å². The summed E-state index contributed by atoms with van der Waals surface area (Å²) in [6.45, 7) is 3.65. The van der Waals surface area contributed by atoms with E-state index in [1.54, 1.807) is 0 Å². The van der Waals surface area contributed by atoms with Gasteiger partial charge in [-0.2, -0.15) is 0 Å². The van der Waals surface area contributed by atoms with Crippen LogP contribution in [0.5, 0.6) is 0 Å². The van der Waals surface area contributed by atoms with Gasteiger partial charge in [0.25, 0.3) is 0 Å². The Hall–Kier alpha value is -1.30. The molecule has 0 spiro atoms. The Morgan fingerprint density at radius 2 is 2.27 bits per heavy atom. The zero-order valence-corrected chi connectivity index (χ0v) is 13.5. The Balaban J connectivity index is 1.43. The Morgan fingerprint density at radius 3 is 3.14 bits per heavy atom. The summed E-state index contributed by atoms with van der Waals surface area (Å²) >= 11 is 1.92. The number of thiazole rings is 1. The maximum absolute atomic E-state index is 5.91. The molecule has 0 saturated carbocycles. The minimum Gasteiger partial charge on any atom is -0.371 e. The standard InChI is InChI=1S/C17H21N3OS/c1-2-6-16-14(5-1)19-17(22-16)12-20-8-9-21-15(11-20)13-4-3-7-18-10-13/h3-4,7,10,15H,1-2,5-6,8-9,11-12H2. The molecule has 4 rings (SSSR count). The normalized spacial score (nSPS) is 22.5. The summed E-state index contributed by atoms with van der Waals surface area (Å²) in [6.07, 6.45) is 8.89. The summed E-state index contributed by atoms with van der Waals surface area (Å²) in [4.78, 5) is 13.1. The molecule has 1 aliphatic carbocycles. The molecule has 2 aliphatic rings. The van der Waals surface area contributed by atoms with Crippen molar-refractivity contribution in [2.24, 2.45) is 0 Å². The van der Waals surface area contributed by atoms with Gasteiger partial charge in [0.15, 0.2) is 0 Å². The van der Waals surface area contributed by atoms with Crippen LogP contribution < -0.4 is 0 Å². The van der Waals surface area contributed by atoms with Gasteiger partial charge in [-0.3, -0.25) is 9.88 Å². The molecule has 2 aromatic heterocycles. The molecule has 0 aromatic carbocycles. The number of ether oxygens (including phenoxy) is 1. The number of pyridine rings is 1. The minimum atomic E-state index is 0.136. The Morgan fingerprint density at radius 1 is 1.32 bits per heavy atom. The van der Waals surface area contributed by atoms with E-state index in [4.69, 9.17) is 9.72 Å². The molecule has 4 nitrogen and oxygen atoms in total. The van der Waals surface area contributed by atoms with Crippen molar-refractivity contribution in [3.05, 3.63) is 45.7 Å². The largest absolute Gasteiger partial charge is 0.371 e. The van der Waals surface area contributed by atoms with E-state index >= 15 is 0 Å². The van der Waals surface area contributed by atoms with Gasteiger partial charge in [0.05, 0.1) is 24.9 Å². The number of nitrogens with zero attached hydrogens (tertiary/aromatic N) is 3. The molecule has 0 radical (unpaired) electrons. The van der Waals surface area contributed by atoms with Crippen molar-refractivity contribution in [3.63, 3.8) is 0 Å². The predicted molar refractivity (Wildman–Crippen MR) is 87.0 cm³/mol. The lowest BCUT2D eigenvalue weighted by atomic mass is 10.0. The molecule has 1 aliphatic heterocycles. The van der Waals surface area contributed by atoms with Gasteiger partial charge in [0, 0.05) is 35.9 Å². The Bertz CT molecular complexity index is 605. The van der Waals surface area contributed by atoms with Crippen molar-refractivity contribution in [1.29, 1.82) is 0 Å². The molecule has 2 aromatic rings. The molecule has 116 valence electrons. The highest BCUT2D eigenvalue weighted by molar-refractivity contribution is 7.11. The molecule has 22 heavy (non-hydrogen) atoms. The molecular formula is C17H21N3OS. The first-order valence-corrected chi connectivity index (χ1v) is 8.91. The molecule has 1 atom stereocenters. The molecule has 0 amide bonds. The lowest BCUT2D eigenvalue weighted by molar-refractivity contribution is -0.0331. The highest BCUT2D eigenvalue weighted by Gasteiger charge is 2.24. The van der Waals surface area contributed by atoms with Crippen LogP contribution in [0.1, 0.15) is 40.1 Å². The first-order chi connectivity index (χ1) is 10.9. The average Bonchev–Trinajstić information content (AvgIpc) is 2.98. The van der Waals surface area contributed by atoms with Gasteiger partial charge in [-0.05, 0) is 31.7 Å². The molecule has 1 saturated heterocycles. The highest BCUT2D eigenvalue weighted by atomic mass is 32.1. The fourth-order valence-corrected chi connectivity index (χ4v) is 4.48. The number of aryl methyl sites for hydroxylation is 2. The third kappa shape index (κ3) is 3.07. The molecule has 3 heterocycles. The van der Waals surface area contributed by atoms with Crippen molar-refractivity contribution in [2.75, 3.05) is 19.7 Å². The van der Waals surface area contributed by atoms with Gasteiger partial charge >= 0.3 is 0 Å². The summed E-state index contributed by atoms with van der Waals surface area (Å²) in [5.74, 6) is 0. The fraction of sp³-hybridized carbons (Fsp3) is 0.529. The second-order valence-electron chi connectivity index (χ2n) is 6.07. The van der Waals surface area contributed by atoms with Crippen LogP contribution in [0, 0.1) is 0 Å². The zero-order chi connectivity index (χ0) is 14.8. The average molecular weight is 315 g/mol. The number of fused-ring (bicyclic) bond motifs is 1. The van der Waals surface area contributed by atoms with E-state index in [1.165, 1.54) is 46.8 Å². The van der Waals surface area contributed by atoms with E-state index in [9.17, 15) is 0 Å². The molecule has 0 N–H and O–H groups in total. The zero-order valence-electron chi connectivity index (χ0n) is 12.7. The number of hydrogen-bond donors (Lipinski definition) is 0. The smallest absolute Gasteiger partial charge is 0.107 e. The van der Waals surface area contributed by atoms with Crippen molar-refractivity contribution in [3.8, 4) is 0 Å². The van der Waals surface area contributed by atoms with E-state index < -0.39 is 0 Å². The van der Waals surface area contributed by atoms with Crippen LogP contribution in [-0.4, -0.2) is 34.6 Å². The first-order valence-electron chi connectivity index (χ1n) is 8.10. The van der Waals surface area contributed by atoms with Gasteiger partial charge in [-0.15, -0.1) is 11.3 Å². The van der Waals surface area contributed by atoms with Crippen LogP contribution in [-0.2, 0) is 24.1 Å². The quantitative estimate of drug-likeness (QED) is 0.873. The molecule has 0 bridgehead atoms. The van der Waals surface area contributed by atoms with E-state index in [-0.39, 0.29) is 6.10 Å². The van der Waals surface area contributed by atoms with Gasteiger partial charge < -0.3 is 4.74 Å². The topological polar surface area (TPSA) is 38.2 Å². The summed E-state index contributed by atoms with van der Waals surface area (Å²) in [6, 6.07) is 4.08. The lowest BCUT2D eigenvalue weighted by Gasteiger charge is -2.32. The van der Waals surface area contributed by atoms with Crippen LogP contribution in [0.2, 0.25) is 0 Å². The van der Waals surface area contributed by atoms with Crippen molar-refractivity contribution in [2.45, 2.75) is 38.3 Å².